The third kappa shape index (κ3) is 3.36. The Hall–Kier alpha value is -2.50. The molecule has 2 atom stereocenters. The van der Waals surface area contributed by atoms with E-state index in [9.17, 15) is 4.79 Å². The summed E-state index contributed by atoms with van der Waals surface area (Å²) < 4.78 is 1.83. The summed E-state index contributed by atoms with van der Waals surface area (Å²) in [5, 5.41) is 4.15. The van der Waals surface area contributed by atoms with Crippen LogP contribution in [0.15, 0.2) is 47.3 Å². The normalized spacial score (nSPS) is 19.1. The van der Waals surface area contributed by atoms with Gasteiger partial charge in [0.15, 0.2) is 0 Å². The van der Waals surface area contributed by atoms with Crippen molar-refractivity contribution in [2.24, 2.45) is 0 Å². The van der Waals surface area contributed by atoms with E-state index in [1.807, 2.05) is 34.9 Å². The molecule has 0 amide bonds. The number of aromatic nitrogens is 2. The maximum Gasteiger partial charge on any atom is 0.266 e. The fourth-order valence-electron chi connectivity index (χ4n) is 4.20. The highest BCUT2D eigenvalue weighted by Crippen LogP contribution is 2.25. The minimum Gasteiger partial charge on any atom is -0.312 e. The Balaban J connectivity index is 1.94. The van der Waals surface area contributed by atoms with Gasteiger partial charge >= 0.3 is 0 Å². The molecule has 1 fully saturated rings. The molecule has 0 aliphatic carbocycles. The predicted molar refractivity (Wildman–Crippen MR) is 114 cm³/mol. The van der Waals surface area contributed by atoms with E-state index in [-0.39, 0.29) is 11.6 Å². The monoisotopic (exact) mass is 376 g/mol. The maximum absolute atomic E-state index is 13.5. The molecule has 1 N–H and O–H groups in total. The largest absolute Gasteiger partial charge is 0.312 e. The molecule has 0 bridgehead atoms. The summed E-state index contributed by atoms with van der Waals surface area (Å²) in [4.78, 5) is 20.9. The van der Waals surface area contributed by atoms with Crippen LogP contribution in [0.25, 0.3) is 16.6 Å². The quantitative estimate of drug-likeness (QED) is 0.762. The molecule has 146 valence electrons. The minimum absolute atomic E-state index is 0.00239. The lowest BCUT2D eigenvalue weighted by molar-refractivity contribution is 0.152. The maximum atomic E-state index is 13.5. The Morgan fingerprint density at radius 1 is 1.18 bits per heavy atom. The molecule has 28 heavy (non-hydrogen) atoms. The van der Waals surface area contributed by atoms with E-state index < -0.39 is 0 Å². The van der Waals surface area contributed by atoms with Gasteiger partial charge in [-0.25, -0.2) is 4.98 Å². The SMILES string of the molecule is Cc1ccc(-n2c([C@@H](C)N3CCN[C@H](C)C3)nc3ccccc3c2=O)c(C)c1. The summed E-state index contributed by atoms with van der Waals surface area (Å²) in [6, 6.07) is 14.3. The second kappa shape index (κ2) is 7.49. The number of benzene rings is 2. The topological polar surface area (TPSA) is 50.2 Å². The smallest absolute Gasteiger partial charge is 0.266 e. The number of hydrogen-bond donors (Lipinski definition) is 1. The molecule has 0 saturated carbocycles. The van der Waals surface area contributed by atoms with Gasteiger partial charge in [0.1, 0.15) is 5.82 Å². The number of aryl methyl sites for hydroxylation is 2. The van der Waals surface area contributed by atoms with Gasteiger partial charge in [-0.3, -0.25) is 14.3 Å². The van der Waals surface area contributed by atoms with Gasteiger partial charge < -0.3 is 5.32 Å². The molecule has 2 heterocycles. The number of fused-ring (bicyclic) bond motifs is 1. The summed E-state index contributed by atoms with van der Waals surface area (Å²) in [7, 11) is 0. The number of rotatable bonds is 3. The van der Waals surface area contributed by atoms with Crippen LogP contribution in [0, 0.1) is 13.8 Å². The molecule has 4 rings (SSSR count). The lowest BCUT2D eigenvalue weighted by Crippen LogP contribution is -2.50. The molecular weight excluding hydrogens is 348 g/mol. The van der Waals surface area contributed by atoms with Crippen molar-refractivity contribution in [3.8, 4) is 5.69 Å². The second-order valence-corrected chi connectivity index (χ2v) is 7.94. The van der Waals surface area contributed by atoms with Crippen molar-refractivity contribution < 1.29 is 0 Å². The van der Waals surface area contributed by atoms with Crippen molar-refractivity contribution in [1.82, 2.24) is 19.8 Å². The summed E-state index contributed by atoms with van der Waals surface area (Å²) in [5.74, 6) is 0.810. The average molecular weight is 377 g/mol. The van der Waals surface area contributed by atoms with Crippen molar-refractivity contribution in [3.63, 3.8) is 0 Å². The number of piperazine rings is 1. The first kappa shape index (κ1) is 18.8. The van der Waals surface area contributed by atoms with E-state index in [0.717, 1.165) is 42.2 Å². The Morgan fingerprint density at radius 3 is 2.71 bits per heavy atom. The Kier molecular flexibility index (Phi) is 5.04. The van der Waals surface area contributed by atoms with Crippen LogP contribution in [0.3, 0.4) is 0 Å². The van der Waals surface area contributed by atoms with Crippen LogP contribution in [0.2, 0.25) is 0 Å². The highest BCUT2D eigenvalue weighted by Gasteiger charge is 2.26. The number of para-hydroxylation sites is 1. The molecule has 5 nitrogen and oxygen atoms in total. The Morgan fingerprint density at radius 2 is 1.96 bits per heavy atom. The third-order valence-corrected chi connectivity index (χ3v) is 5.72. The first-order valence-corrected chi connectivity index (χ1v) is 10.0. The van der Waals surface area contributed by atoms with Gasteiger partial charge in [-0.05, 0) is 51.5 Å². The highest BCUT2D eigenvalue weighted by atomic mass is 16.1. The predicted octanol–water partition coefficient (Wildman–Crippen LogP) is 3.36. The standard InChI is InChI=1S/C23H28N4O/c1-15-9-10-21(16(2)13-15)27-22(18(4)26-12-11-24-17(3)14-26)25-20-8-6-5-7-19(20)23(27)28/h5-10,13,17-18,24H,11-12,14H2,1-4H3/t17-,18-/m1/s1. The van der Waals surface area contributed by atoms with Crippen LogP contribution < -0.4 is 10.9 Å². The number of nitrogens with one attached hydrogen (secondary N) is 1. The molecule has 1 aromatic heterocycles. The molecule has 5 heteroatoms. The number of nitrogens with zero attached hydrogens (tertiary/aromatic N) is 3. The van der Waals surface area contributed by atoms with E-state index in [0.29, 0.717) is 11.4 Å². The zero-order chi connectivity index (χ0) is 19.8. The van der Waals surface area contributed by atoms with E-state index in [2.05, 4.69) is 50.0 Å². The summed E-state index contributed by atoms with van der Waals surface area (Å²) >= 11 is 0. The van der Waals surface area contributed by atoms with Gasteiger partial charge in [0.2, 0.25) is 0 Å². The van der Waals surface area contributed by atoms with Crippen LogP contribution >= 0.6 is 0 Å². The molecule has 1 aliphatic rings. The van der Waals surface area contributed by atoms with E-state index in [1.54, 1.807) is 0 Å². The lowest BCUT2D eigenvalue weighted by atomic mass is 10.1. The van der Waals surface area contributed by atoms with E-state index in [4.69, 9.17) is 4.98 Å². The number of hydrogen-bond acceptors (Lipinski definition) is 4. The first-order chi connectivity index (χ1) is 13.5. The highest BCUT2D eigenvalue weighted by molar-refractivity contribution is 5.78. The van der Waals surface area contributed by atoms with Crippen molar-refractivity contribution in [2.75, 3.05) is 19.6 Å². The zero-order valence-corrected chi connectivity index (χ0v) is 17.1. The van der Waals surface area contributed by atoms with E-state index >= 15 is 0 Å². The van der Waals surface area contributed by atoms with Gasteiger partial charge in [-0.1, -0.05) is 29.8 Å². The van der Waals surface area contributed by atoms with Crippen LogP contribution in [0.5, 0.6) is 0 Å². The third-order valence-electron chi connectivity index (χ3n) is 5.72. The van der Waals surface area contributed by atoms with Crippen LogP contribution in [0.4, 0.5) is 0 Å². The molecule has 1 saturated heterocycles. The molecule has 0 radical (unpaired) electrons. The summed E-state index contributed by atoms with van der Waals surface area (Å²) in [6.07, 6.45) is 0. The lowest BCUT2D eigenvalue weighted by Gasteiger charge is -2.36. The van der Waals surface area contributed by atoms with E-state index in [1.165, 1.54) is 5.56 Å². The fourth-order valence-corrected chi connectivity index (χ4v) is 4.20. The first-order valence-electron chi connectivity index (χ1n) is 10.0. The van der Waals surface area contributed by atoms with Gasteiger partial charge in [0, 0.05) is 25.7 Å². The fraction of sp³-hybridized carbons (Fsp3) is 0.391. The van der Waals surface area contributed by atoms with Gasteiger partial charge in [0.05, 0.1) is 22.6 Å². The van der Waals surface area contributed by atoms with Crippen molar-refractivity contribution in [3.05, 3.63) is 69.8 Å². The summed E-state index contributed by atoms with van der Waals surface area (Å²) in [5.41, 5.74) is 3.95. The van der Waals surface area contributed by atoms with Crippen LogP contribution in [0.1, 0.15) is 36.8 Å². The minimum atomic E-state index is 0.00239. The molecular formula is C23H28N4O. The van der Waals surface area contributed by atoms with Gasteiger partial charge in [-0.15, -0.1) is 0 Å². The Labute approximate surface area is 166 Å². The molecule has 3 aromatic rings. The molecule has 0 spiro atoms. The van der Waals surface area contributed by atoms with Gasteiger partial charge in [0.25, 0.3) is 5.56 Å². The molecule has 2 aromatic carbocycles. The second-order valence-electron chi connectivity index (χ2n) is 7.94. The van der Waals surface area contributed by atoms with Crippen molar-refractivity contribution in [1.29, 1.82) is 0 Å². The summed E-state index contributed by atoms with van der Waals surface area (Å²) in [6.45, 7) is 11.3. The van der Waals surface area contributed by atoms with Crippen molar-refractivity contribution in [2.45, 2.75) is 39.8 Å². The van der Waals surface area contributed by atoms with Crippen molar-refractivity contribution >= 4 is 10.9 Å². The van der Waals surface area contributed by atoms with Crippen LogP contribution in [-0.4, -0.2) is 40.1 Å². The van der Waals surface area contributed by atoms with Gasteiger partial charge in [-0.2, -0.15) is 0 Å². The molecule has 0 unspecified atom stereocenters. The molecule has 1 aliphatic heterocycles. The zero-order valence-electron chi connectivity index (χ0n) is 17.1. The van der Waals surface area contributed by atoms with Crippen LogP contribution in [-0.2, 0) is 0 Å². The Bertz CT molecular complexity index is 1070. The average Bonchev–Trinajstić information content (AvgIpc) is 2.68.